The second kappa shape index (κ2) is 11.3. The van der Waals surface area contributed by atoms with Crippen molar-refractivity contribution < 1.29 is 9.53 Å². The van der Waals surface area contributed by atoms with Crippen molar-refractivity contribution in [3.8, 4) is 5.75 Å². The van der Waals surface area contributed by atoms with Gasteiger partial charge in [0.1, 0.15) is 5.75 Å². The maximum absolute atomic E-state index is 11.9. The third kappa shape index (κ3) is 7.68. The molecular formula is C17H28ClN3O2. The highest BCUT2D eigenvalue weighted by Gasteiger charge is 2.08. The molecule has 130 valence electrons. The van der Waals surface area contributed by atoms with Crippen LogP contribution in [0, 0.1) is 0 Å². The van der Waals surface area contributed by atoms with Crippen LogP contribution in [0.2, 0.25) is 0 Å². The Kier molecular flexibility index (Phi) is 9.67. The number of nitrogens with one attached hydrogen (secondary N) is 2. The average molecular weight is 342 g/mol. The van der Waals surface area contributed by atoms with Crippen molar-refractivity contribution in [3.63, 3.8) is 0 Å². The lowest BCUT2D eigenvalue weighted by atomic mass is 10.1. The van der Waals surface area contributed by atoms with Crippen LogP contribution < -0.4 is 15.4 Å². The standard InChI is InChI=1S/C17H27N3O2.ClH/c1-22-16-5-2-4-15(14-16)6-7-17(21)19-8-3-11-20-12-9-18-10-13-20;/h2,4-5,14,18H,3,6-13H2,1H3,(H,19,21);1H. The zero-order valence-electron chi connectivity index (χ0n) is 13.8. The Morgan fingerprint density at radius 3 is 2.87 bits per heavy atom. The number of ether oxygens (including phenoxy) is 1. The van der Waals surface area contributed by atoms with Crippen LogP contribution in [0.3, 0.4) is 0 Å². The second-order valence-corrected chi connectivity index (χ2v) is 5.65. The van der Waals surface area contributed by atoms with Gasteiger partial charge < -0.3 is 20.3 Å². The molecule has 1 aromatic rings. The van der Waals surface area contributed by atoms with Gasteiger partial charge in [-0.1, -0.05) is 12.1 Å². The van der Waals surface area contributed by atoms with Crippen LogP contribution >= 0.6 is 12.4 Å². The molecule has 0 bridgehead atoms. The summed E-state index contributed by atoms with van der Waals surface area (Å²) in [6.45, 7) is 6.21. The number of amides is 1. The third-order valence-electron chi connectivity index (χ3n) is 3.96. The number of benzene rings is 1. The molecule has 2 rings (SSSR count). The molecule has 0 spiro atoms. The summed E-state index contributed by atoms with van der Waals surface area (Å²) in [6, 6.07) is 7.89. The summed E-state index contributed by atoms with van der Waals surface area (Å²) in [4.78, 5) is 14.3. The van der Waals surface area contributed by atoms with Gasteiger partial charge in [0.05, 0.1) is 7.11 Å². The number of piperazine rings is 1. The van der Waals surface area contributed by atoms with E-state index in [9.17, 15) is 4.79 Å². The van der Waals surface area contributed by atoms with Crippen LogP contribution in [0.5, 0.6) is 5.75 Å². The molecule has 23 heavy (non-hydrogen) atoms. The maximum Gasteiger partial charge on any atom is 0.220 e. The molecule has 1 saturated heterocycles. The third-order valence-corrected chi connectivity index (χ3v) is 3.96. The Labute approximate surface area is 145 Å². The number of nitrogens with zero attached hydrogens (tertiary/aromatic N) is 1. The van der Waals surface area contributed by atoms with Gasteiger partial charge in [-0.25, -0.2) is 0 Å². The molecule has 0 aromatic heterocycles. The molecule has 0 unspecified atom stereocenters. The molecule has 0 atom stereocenters. The lowest BCUT2D eigenvalue weighted by molar-refractivity contribution is -0.121. The lowest BCUT2D eigenvalue weighted by Crippen LogP contribution is -2.44. The van der Waals surface area contributed by atoms with Crippen molar-refractivity contribution in [2.45, 2.75) is 19.3 Å². The number of methoxy groups -OCH3 is 1. The predicted molar refractivity (Wildman–Crippen MR) is 95.5 cm³/mol. The molecule has 2 N–H and O–H groups in total. The van der Waals surface area contributed by atoms with E-state index in [-0.39, 0.29) is 18.3 Å². The first-order valence-electron chi connectivity index (χ1n) is 8.10. The Hall–Kier alpha value is -1.30. The number of carbonyl (C=O) groups excluding carboxylic acids is 1. The van der Waals surface area contributed by atoms with E-state index in [0.29, 0.717) is 6.42 Å². The molecule has 0 saturated carbocycles. The minimum absolute atomic E-state index is 0. The Balaban J connectivity index is 0.00000264. The van der Waals surface area contributed by atoms with Crippen molar-refractivity contribution >= 4 is 18.3 Å². The first-order valence-corrected chi connectivity index (χ1v) is 8.10. The molecule has 0 aliphatic carbocycles. The van der Waals surface area contributed by atoms with E-state index < -0.39 is 0 Å². The number of aryl methyl sites for hydroxylation is 1. The molecule has 1 aromatic carbocycles. The summed E-state index contributed by atoms with van der Waals surface area (Å²) in [6.07, 6.45) is 2.30. The van der Waals surface area contributed by atoms with Gasteiger partial charge in [0.2, 0.25) is 5.91 Å². The van der Waals surface area contributed by atoms with Crippen LogP contribution in [0.1, 0.15) is 18.4 Å². The molecule has 1 aliphatic heterocycles. The van der Waals surface area contributed by atoms with E-state index in [4.69, 9.17) is 4.74 Å². The Bertz CT molecular complexity index is 465. The zero-order valence-corrected chi connectivity index (χ0v) is 14.7. The summed E-state index contributed by atoms with van der Waals surface area (Å²) >= 11 is 0. The van der Waals surface area contributed by atoms with Crippen molar-refractivity contribution in [1.82, 2.24) is 15.5 Å². The lowest BCUT2D eigenvalue weighted by Gasteiger charge is -2.27. The van der Waals surface area contributed by atoms with E-state index in [2.05, 4.69) is 15.5 Å². The van der Waals surface area contributed by atoms with Crippen molar-refractivity contribution in [2.24, 2.45) is 0 Å². The quantitative estimate of drug-likeness (QED) is 0.703. The van der Waals surface area contributed by atoms with E-state index in [1.54, 1.807) is 7.11 Å². The zero-order chi connectivity index (χ0) is 15.6. The minimum atomic E-state index is 0. The highest BCUT2D eigenvalue weighted by molar-refractivity contribution is 5.85. The van der Waals surface area contributed by atoms with Crippen LogP contribution in [0.15, 0.2) is 24.3 Å². The largest absolute Gasteiger partial charge is 0.497 e. The van der Waals surface area contributed by atoms with E-state index in [0.717, 1.165) is 63.4 Å². The van der Waals surface area contributed by atoms with Crippen molar-refractivity contribution in [3.05, 3.63) is 29.8 Å². The summed E-state index contributed by atoms with van der Waals surface area (Å²) < 4.78 is 5.19. The van der Waals surface area contributed by atoms with Gasteiger partial charge in [-0.05, 0) is 37.1 Å². The smallest absolute Gasteiger partial charge is 0.220 e. The second-order valence-electron chi connectivity index (χ2n) is 5.65. The van der Waals surface area contributed by atoms with Gasteiger partial charge in [-0.15, -0.1) is 12.4 Å². The number of hydrogen-bond acceptors (Lipinski definition) is 4. The molecular weight excluding hydrogens is 314 g/mol. The molecule has 1 amide bonds. The van der Waals surface area contributed by atoms with Gasteiger partial charge in [-0.2, -0.15) is 0 Å². The van der Waals surface area contributed by atoms with Gasteiger partial charge in [-0.3, -0.25) is 4.79 Å². The summed E-state index contributed by atoms with van der Waals surface area (Å²) in [5.41, 5.74) is 1.13. The van der Waals surface area contributed by atoms with Gasteiger partial charge >= 0.3 is 0 Å². The topological polar surface area (TPSA) is 53.6 Å². The van der Waals surface area contributed by atoms with Gasteiger partial charge in [0, 0.05) is 39.1 Å². The van der Waals surface area contributed by atoms with Gasteiger partial charge in [0.25, 0.3) is 0 Å². The normalized spacial score (nSPS) is 14.8. The SMILES string of the molecule is COc1cccc(CCC(=O)NCCCN2CCNCC2)c1.Cl. The maximum atomic E-state index is 11.9. The highest BCUT2D eigenvalue weighted by atomic mass is 35.5. The first-order chi connectivity index (χ1) is 10.8. The van der Waals surface area contributed by atoms with E-state index in [1.807, 2.05) is 24.3 Å². The fourth-order valence-electron chi connectivity index (χ4n) is 2.64. The number of hydrogen-bond donors (Lipinski definition) is 2. The van der Waals surface area contributed by atoms with Crippen molar-refractivity contribution in [2.75, 3.05) is 46.4 Å². The fourth-order valence-corrected chi connectivity index (χ4v) is 2.64. The van der Waals surface area contributed by atoms with Crippen LogP contribution in [0.25, 0.3) is 0 Å². The molecule has 1 heterocycles. The number of carbonyl (C=O) groups is 1. The molecule has 1 aliphatic rings. The Morgan fingerprint density at radius 2 is 2.13 bits per heavy atom. The molecule has 6 heteroatoms. The highest BCUT2D eigenvalue weighted by Crippen LogP contribution is 2.13. The molecule has 5 nitrogen and oxygen atoms in total. The van der Waals surface area contributed by atoms with E-state index in [1.165, 1.54) is 0 Å². The minimum Gasteiger partial charge on any atom is -0.497 e. The number of rotatable bonds is 8. The predicted octanol–water partition coefficient (Wildman–Crippen LogP) is 1.46. The summed E-state index contributed by atoms with van der Waals surface area (Å²) in [5, 5.41) is 6.35. The van der Waals surface area contributed by atoms with Gasteiger partial charge in [0.15, 0.2) is 0 Å². The number of halogens is 1. The summed E-state index contributed by atoms with van der Waals surface area (Å²) in [7, 11) is 1.66. The van der Waals surface area contributed by atoms with E-state index >= 15 is 0 Å². The van der Waals surface area contributed by atoms with Crippen LogP contribution in [0.4, 0.5) is 0 Å². The monoisotopic (exact) mass is 341 g/mol. The van der Waals surface area contributed by atoms with Crippen molar-refractivity contribution in [1.29, 1.82) is 0 Å². The average Bonchev–Trinajstić information content (AvgIpc) is 2.58. The molecule has 0 radical (unpaired) electrons. The van der Waals surface area contributed by atoms with Crippen LogP contribution in [-0.4, -0.2) is 57.2 Å². The Morgan fingerprint density at radius 1 is 1.35 bits per heavy atom. The fraction of sp³-hybridized carbons (Fsp3) is 0.588. The first kappa shape index (κ1) is 19.7. The summed E-state index contributed by atoms with van der Waals surface area (Å²) in [5.74, 6) is 0.970. The molecule has 1 fully saturated rings. The van der Waals surface area contributed by atoms with Crippen LogP contribution in [-0.2, 0) is 11.2 Å².